The summed E-state index contributed by atoms with van der Waals surface area (Å²) in [7, 11) is 0. The van der Waals surface area contributed by atoms with Crippen molar-refractivity contribution in [2.24, 2.45) is 0 Å². The SMILES string of the molecule is Cc1cccc(NC(=O)c2csc(C=CC(=O)O)c2)c1. The minimum atomic E-state index is -1.01. The molecular weight excluding hydrogens is 274 g/mol. The number of carboxylic acids is 1. The number of aliphatic carboxylic acids is 1. The van der Waals surface area contributed by atoms with Crippen LogP contribution in [0.15, 0.2) is 41.8 Å². The molecule has 4 nitrogen and oxygen atoms in total. The summed E-state index contributed by atoms with van der Waals surface area (Å²) in [6.45, 7) is 1.95. The van der Waals surface area contributed by atoms with Gasteiger partial charge in [0.2, 0.25) is 0 Å². The number of nitrogens with one attached hydrogen (secondary N) is 1. The number of thiophene rings is 1. The van der Waals surface area contributed by atoms with E-state index in [1.165, 1.54) is 17.4 Å². The van der Waals surface area contributed by atoms with Crippen molar-refractivity contribution in [3.05, 3.63) is 57.8 Å². The zero-order valence-electron chi connectivity index (χ0n) is 10.8. The quantitative estimate of drug-likeness (QED) is 0.847. The van der Waals surface area contributed by atoms with Gasteiger partial charge in [-0.15, -0.1) is 11.3 Å². The van der Waals surface area contributed by atoms with Gasteiger partial charge in [-0.2, -0.15) is 0 Å². The van der Waals surface area contributed by atoms with Gasteiger partial charge in [0, 0.05) is 22.0 Å². The van der Waals surface area contributed by atoms with Crippen molar-refractivity contribution in [1.29, 1.82) is 0 Å². The number of anilines is 1. The molecule has 0 bridgehead atoms. The summed E-state index contributed by atoms with van der Waals surface area (Å²) in [5, 5.41) is 13.1. The fraction of sp³-hybridized carbons (Fsp3) is 0.0667. The molecule has 0 saturated carbocycles. The molecule has 2 rings (SSSR count). The average molecular weight is 287 g/mol. The topological polar surface area (TPSA) is 66.4 Å². The molecule has 20 heavy (non-hydrogen) atoms. The number of carbonyl (C=O) groups excluding carboxylic acids is 1. The Morgan fingerprint density at radius 3 is 2.80 bits per heavy atom. The van der Waals surface area contributed by atoms with E-state index < -0.39 is 5.97 Å². The molecule has 1 aromatic carbocycles. The van der Waals surface area contributed by atoms with E-state index in [2.05, 4.69) is 5.32 Å². The van der Waals surface area contributed by atoms with E-state index in [0.29, 0.717) is 5.56 Å². The first-order valence-corrected chi connectivity index (χ1v) is 6.80. The number of benzene rings is 1. The second kappa shape index (κ2) is 6.16. The first kappa shape index (κ1) is 14.0. The monoisotopic (exact) mass is 287 g/mol. The minimum absolute atomic E-state index is 0.207. The van der Waals surface area contributed by atoms with Crippen molar-refractivity contribution < 1.29 is 14.7 Å². The number of hydrogen-bond acceptors (Lipinski definition) is 3. The Kier molecular flexibility index (Phi) is 4.32. The molecule has 2 aromatic rings. The van der Waals surface area contributed by atoms with Crippen molar-refractivity contribution in [2.75, 3.05) is 5.32 Å². The van der Waals surface area contributed by atoms with Gasteiger partial charge in [-0.25, -0.2) is 4.79 Å². The molecular formula is C15H13NO3S. The van der Waals surface area contributed by atoms with Gasteiger partial charge in [0.25, 0.3) is 5.91 Å². The fourth-order valence-electron chi connectivity index (χ4n) is 1.64. The maximum atomic E-state index is 12.0. The van der Waals surface area contributed by atoms with E-state index in [4.69, 9.17) is 5.11 Å². The van der Waals surface area contributed by atoms with Crippen LogP contribution in [-0.4, -0.2) is 17.0 Å². The third kappa shape index (κ3) is 3.80. The van der Waals surface area contributed by atoms with Crippen LogP contribution in [0.1, 0.15) is 20.8 Å². The number of hydrogen-bond donors (Lipinski definition) is 2. The molecule has 5 heteroatoms. The highest BCUT2D eigenvalue weighted by Gasteiger charge is 2.08. The van der Waals surface area contributed by atoms with Crippen LogP contribution < -0.4 is 5.32 Å². The summed E-state index contributed by atoms with van der Waals surface area (Å²) in [5.41, 5.74) is 2.32. The summed E-state index contributed by atoms with van der Waals surface area (Å²) in [5.74, 6) is -1.22. The molecule has 0 unspecified atom stereocenters. The molecule has 0 aliphatic carbocycles. The van der Waals surface area contributed by atoms with Crippen LogP contribution in [0.25, 0.3) is 6.08 Å². The second-order valence-electron chi connectivity index (χ2n) is 4.23. The second-order valence-corrected chi connectivity index (χ2v) is 5.18. The van der Waals surface area contributed by atoms with Gasteiger partial charge >= 0.3 is 5.97 Å². The molecule has 0 aliphatic rings. The Bertz CT molecular complexity index is 673. The third-order valence-electron chi connectivity index (χ3n) is 2.55. The van der Waals surface area contributed by atoms with E-state index in [0.717, 1.165) is 22.2 Å². The predicted molar refractivity (Wildman–Crippen MR) is 80.1 cm³/mol. The van der Waals surface area contributed by atoms with Gasteiger partial charge in [-0.05, 0) is 36.8 Å². The molecule has 2 N–H and O–H groups in total. The highest BCUT2D eigenvalue weighted by atomic mass is 32.1. The lowest BCUT2D eigenvalue weighted by molar-refractivity contribution is -0.131. The standard InChI is InChI=1S/C15H13NO3S/c1-10-3-2-4-12(7-10)16-15(19)11-8-13(20-9-11)5-6-14(17)18/h2-9H,1H3,(H,16,19)(H,17,18). The molecule has 0 saturated heterocycles. The lowest BCUT2D eigenvalue weighted by Crippen LogP contribution is -2.10. The lowest BCUT2D eigenvalue weighted by atomic mass is 10.2. The molecule has 1 aromatic heterocycles. The summed E-state index contributed by atoms with van der Waals surface area (Å²) in [6, 6.07) is 9.20. The average Bonchev–Trinajstić information content (AvgIpc) is 2.85. The summed E-state index contributed by atoms with van der Waals surface area (Å²) >= 11 is 1.32. The molecule has 1 heterocycles. The van der Waals surface area contributed by atoms with Crippen molar-refractivity contribution in [3.8, 4) is 0 Å². The number of aryl methyl sites for hydroxylation is 1. The van der Waals surface area contributed by atoms with Crippen LogP contribution in [0.3, 0.4) is 0 Å². The van der Waals surface area contributed by atoms with Crippen molar-refractivity contribution >= 4 is 35.0 Å². The Labute approximate surface area is 120 Å². The van der Waals surface area contributed by atoms with Gasteiger partial charge in [-0.1, -0.05) is 12.1 Å². The van der Waals surface area contributed by atoms with Gasteiger partial charge in [0.1, 0.15) is 0 Å². The molecule has 1 amide bonds. The van der Waals surface area contributed by atoms with Crippen molar-refractivity contribution in [1.82, 2.24) is 0 Å². The number of carbonyl (C=O) groups is 2. The van der Waals surface area contributed by atoms with E-state index in [-0.39, 0.29) is 5.91 Å². The smallest absolute Gasteiger partial charge is 0.328 e. The summed E-state index contributed by atoms with van der Waals surface area (Å²) in [6.07, 6.45) is 2.52. The van der Waals surface area contributed by atoms with Crippen LogP contribution in [-0.2, 0) is 4.79 Å². The fourth-order valence-corrected chi connectivity index (χ4v) is 2.42. The zero-order valence-corrected chi connectivity index (χ0v) is 11.6. The molecule has 0 radical (unpaired) electrons. The van der Waals surface area contributed by atoms with E-state index in [9.17, 15) is 9.59 Å². The zero-order chi connectivity index (χ0) is 14.5. The van der Waals surface area contributed by atoms with E-state index in [1.54, 1.807) is 11.4 Å². The third-order valence-corrected chi connectivity index (χ3v) is 3.45. The first-order chi connectivity index (χ1) is 9.54. The normalized spacial score (nSPS) is 10.7. The largest absolute Gasteiger partial charge is 0.478 e. The van der Waals surface area contributed by atoms with Crippen LogP contribution in [0.4, 0.5) is 5.69 Å². The van der Waals surface area contributed by atoms with Gasteiger partial charge < -0.3 is 10.4 Å². The molecule has 0 atom stereocenters. The summed E-state index contributed by atoms with van der Waals surface area (Å²) in [4.78, 5) is 23.2. The molecule has 0 aliphatic heterocycles. The van der Waals surface area contributed by atoms with E-state index >= 15 is 0 Å². The lowest BCUT2D eigenvalue weighted by Gasteiger charge is -2.04. The first-order valence-electron chi connectivity index (χ1n) is 5.92. The van der Waals surface area contributed by atoms with Gasteiger partial charge in [-0.3, -0.25) is 4.79 Å². The Morgan fingerprint density at radius 1 is 1.30 bits per heavy atom. The molecule has 0 spiro atoms. The minimum Gasteiger partial charge on any atom is -0.478 e. The highest BCUT2D eigenvalue weighted by Crippen LogP contribution is 2.18. The van der Waals surface area contributed by atoms with Crippen molar-refractivity contribution in [3.63, 3.8) is 0 Å². The van der Waals surface area contributed by atoms with Gasteiger partial charge in [0.15, 0.2) is 0 Å². The van der Waals surface area contributed by atoms with Crippen LogP contribution in [0, 0.1) is 6.92 Å². The van der Waals surface area contributed by atoms with Crippen LogP contribution in [0.5, 0.6) is 0 Å². The van der Waals surface area contributed by atoms with Crippen molar-refractivity contribution in [2.45, 2.75) is 6.92 Å². The van der Waals surface area contributed by atoms with Crippen LogP contribution >= 0.6 is 11.3 Å². The maximum absolute atomic E-state index is 12.0. The van der Waals surface area contributed by atoms with E-state index in [1.807, 2.05) is 31.2 Å². The molecule has 102 valence electrons. The maximum Gasteiger partial charge on any atom is 0.328 e. The predicted octanol–water partition coefficient (Wildman–Crippen LogP) is 3.41. The highest BCUT2D eigenvalue weighted by molar-refractivity contribution is 7.11. The van der Waals surface area contributed by atoms with Crippen LogP contribution in [0.2, 0.25) is 0 Å². The number of carboxylic acid groups (broad SMARTS) is 1. The summed E-state index contributed by atoms with van der Waals surface area (Å²) < 4.78 is 0. The van der Waals surface area contributed by atoms with Gasteiger partial charge in [0.05, 0.1) is 5.56 Å². The number of rotatable bonds is 4. The Hall–Kier alpha value is -2.40. The molecule has 0 fully saturated rings. The Balaban J connectivity index is 2.08. The number of amides is 1. The Morgan fingerprint density at radius 2 is 2.10 bits per heavy atom.